The van der Waals surface area contributed by atoms with Crippen LogP contribution in [0.4, 0.5) is 0 Å². The quantitative estimate of drug-likeness (QED) is 0.419. The molecule has 1 heteroatoms. The molecule has 0 saturated heterocycles. The average Bonchev–Trinajstić information content (AvgIpc) is 3.04. The van der Waals surface area contributed by atoms with Crippen molar-refractivity contribution in [3.63, 3.8) is 0 Å². The molecule has 0 aliphatic heterocycles. The van der Waals surface area contributed by atoms with Crippen molar-refractivity contribution in [1.29, 1.82) is 0 Å². The van der Waals surface area contributed by atoms with Crippen LogP contribution in [0.25, 0.3) is 0 Å². The Morgan fingerprint density at radius 1 is 1.29 bits per heavy atom. The van der Waals surface area contributed by atoms with Crippen LogP contribution in [0.5, 0.6) is 0 Å². The molecule has 2 rings (SSSR count). The van der Waals surface area contributed by atoms with E-state index in [1.54, 1.807) is 12.8 Å². The van der Waals surface area contributed by atoms with Crippen molar-refractivity contribution < 1.29 is 4.79 Å². The molecule has 2 aliphatic carbocycles. The Morgan fingerprint density at radius 3 is 2.33 bits per heavy atom. The lowest BCUT2D eigenvalue weighted by atomic mass is 9.81. The Bertz CT molecular complexity index is 312. The molecule has 0 aromatic rings. The van der Waals surface area contributed by atoms with Gasteiger partial charge < -0.3 is 0 Å². The highest BCUT2D eigenvalue weighted by Crippen LogP contribution is 2.50. The van der Waals surface area contributed by atoms with Gasteiger partial charge in [0, 0.05) is 0 Å². The van der Waals surface area contributed by atoms with Gasteiger partial charge in [0.25, 0.3) is 0 Å². The first kappa shape index (κ1) is 20.2. The molecule has 2 fully saturated rings. The van der Waals surface area contributed by atoms with E-state index in [-0.39, 0.29) is 0 Å². The molecule has 2 bridgehead atoms. The summed E-state index contributed by atoms with van der Waals surface area (Å²) in [5.74, 6) is 5.42. The van der Waals surface area contributed by atoms with Crippen molar-refractivity contribution >= 4 is 5.94 Å². The highest BCUT2D eigenvalue weighted by molar-refractivity contribution is 5.38. The van der Waals surface area contributed by atoms with Crippen LogP contribution < -0.4 is 0 Å². The fourth-order valence-electron chi connectivity index (χ4n) is 4.21. The van der Waals surface area contributed by atoms with E-state index in [4.69, 9.17) is 4.79 Å². The Hall–Kier alpha value is -0.810. The molecule has 0 amide bonds. The van der Waals surface area contributed by atoms with E-state index < -0.39 is 0 Å². The zero-order chi connectivity index (χ0) is 16.3. The minimum Gasteiger partial charge on any atom is -0.234 e. The summed E-state index contributed by atoms with van der Waals surface area (Å²) in [5.41, 5.74) is 1.48. The maximum atomic E-state index is 8.57. The van der Waals surface area contributed by atoms with Gasteiger partial charge in [-0.05, 0) is 68.8 Å². The van der Waals surface area contributed by atoms with E-state index in [0.717, 1.165) is 23.7 Å². The number of fused-ring (bicyclic) bond motifs is 2. The molecule has 0 N–H and O–H groups in total. The lowest BCUT2D eigenvalue weighted by Crippen LogP contribution is -2.14. The molecule has 122 valence electrons. The van der Waals surface area contributed by atoms with E-state index in [2.05, 4.69) is 27.0 Å². The Kier molecular flexibility index (Phi) is 11.4. The summed E-state index contributed by atoms with van der Waals surface area (Å²) in [6.07, 6.45) is 11.4. The van der Waals surface area contributed by atoms with Gasteiger partial charge in [-0.2, -0.15) is 0 Å². The molecule has 2 aliphatic rings. The molecule has 21 heavy (non-hydrogen) atoms. The van der Waals surface area contributed by atoms with E-state index in [0.29, 0.717) is 0 Å². The van der Waals surface area contributed by atoms with Crippen LogP contribution in [-0.2, 0) is 4.79 Å². The van der Waals surface area contributed by atoms with Crippen molar-refractivity contribution in [2.24, 2.45) is 23.7 Å². The lowest BCUT2D eigenvalue weighted by molar-refractivity contribution is 0.274. The summed E-state index contributed by atoms with van der Waals surface area (Å²) >= 11 is 0. The maximum absolute atomic E-state index is 8.57. The third kappa shape index (κ3) is 7.67. The summed E-state index contributed by atoms with van der Waals surface area (Å²) in [4.78, 5) is 8.57. The summed E-state index contributed by atoms with van der Waals surface area (Å²) in [7, 11) is 0. The van der Waals surface area contributed by atoms with Gasteiger partial charge in [0.15, 0.2) is 0 Å². The number of hydrogen-bond acceptors (Lipinski definition) is 1. The molecular formula is C20H36O. The zero-order valence-corrected chi connectivity index (χ0v) is 14.8. The van der Waals surface area contributed by atoms with Crippen LogP contribution in [0.1, 0.15) is 79.1 Å². The summed E-state index contributed by atoms with van der Waals surface area (Å²) < 4.78 is 0. The number of allylic oxidation sites excluding steroid dienone is 1. The standard InChI is InChI=1S/C16H28.C2H2O.C2H6/c1-4-5-12(2)8-13(3)9-16-11-14-6-7-15(16)10-14;1-2-3;1-2/h13-16H,2,4-11H2,1,3H3;1H2;1-2H3. The van der Waals surface area contributed by atoms with E-state index >= 15 is 0 Å². The highest BCUT2D eigenvalue weighted by Gasteiger charge is 2.39. The van der Waals surface area contributed by atoms with Gasteiger partial charge in [-0.3, -0.25) is 0 Å². The normalized spacial score (nSPS) is 26.8. The lowest BCUT2D eigenvalue weighted by Gasteiger charge is -2.25. The number of rotatable bonds is 6. The minimum absolute atomic E-state index is 0.878. The fourth-order valence-corrected chi connectivity index (χ4v) is 4.21. The summed E-state index contributed by atoms with van der Waals surface area (Å²) in [6.45, 7) is 15.6. The number of carbonyl (C=O) groups excluding carboxylic acids is 1. The Labute approximate surface area is 132 Å². The molecule has 0 aromatic heterocycles. The van der Waals surface area contributed by atoms with Crippen LogP contribution in [0.3, 0.4) is 0 Å². The van der Waals surface area contributed by atoms with Crippen molar-refractivity contribution in [2.75, 3.05) is 0 Å². The second-order valence-electron chi connectivity index (χ2n) is 6.62. The van der Waals surface area contributed by atoms with Crippen LogP contribution in [-0.4, -0.2) is 5.94 Å². The Balaban J connectivity index is 0.000000713. The minimum atomic E-state index is 0.878. The molecule has 1 nitrogen and oxygen atoms in total. The van der Waals surface area contributed by atoms with Crippen molar-refractivity contribution in [2.45, 2.75) is 79.1 Å². The second-order valence-corrected chi connectivity index (χ2v) is 6.62. The van der Waals surface area contributed by atoms with E-state index in [1.165, 1.54) is 50.0 Å². The molecule has 2 saturated carbocycles. The van der Waals surface area contributed by atoms with Crippen LogP contribution in [0, 0.1) is 23.7 Å². The molecule has 0 heterocycles. The topological polar surface area (TPSA) is 17.1 Å². The number of hydrogen-bond donors (Lipinski definition) is 0. The van der Waals surface area contributed by atoms with Crippen molar-refractivity contribution in [3.05, 3.63) is 18.7 Å². The molecular weight excluding hydrogens is 256 g/mol. The first-order valence-corrected chi connectivity index (χ1v) is 8.91. The average molecular weight is 293 g/mol. The monoisotopic (exact) mass is 292 g/mol. The smallest absolute Gasteiger partial charge is 0.116 e. The predicted octanol–water partition coefficient (Wildman–Crippen LogP) is 6.23. The molecule has 0 spiro atoms. The van der Waals surface area contributed by atoms with Gasteiger partial charge in [-0.25, -0.2) is 4.79 Å². The third-order valence-electron chi connectivity index (χ3n) is 4.83. The Morgan fingerprint density at radius 2 is 1.90 bits per heavy atom. The second kappa shape index (κ2) is 11.8. The SMILES string of the molecule is C=C(CCC)CC(C)CC1CC2CCC1C2.C=C=O.CC. The predicted molar refractivity (Wildman–Crippen MR) is 94.1 cm³/mol. The van der Waals surface area contributed by atoms with Gasteiger partial charge in [0.2, 0.25) is 0 Å². The van der Waals surface area contributed by atoms with E-state index in [1.807, 2.05) is 13.8 Å². The highest BCUT2D eigenvalue weighted by atomic mass is 16.1. The molecule has 0 radical (unpaired) electrons. The molecule has 0 aromatic carbocycles. The molecule has 4 atom stereocenters. The van der Waals surface area contributed by atoms with Crippen molar-refractivity contribution in [3.8, 4) is 0 Å². The first-order chi connectivity index (χ1) is 10.1. The first-order valence-electron chi connectivity index (χ1n) is 8.91. The summed E-state index contributed by atoms with van der Waals surface area (Å²) in [5, 5.41) is 0. The van der Waals surface area contributed by atoms with Gasteiger partial charge in [0.05, 0.1) is 0 Å². The molecule has 4 unspecified atom stereocenters. The maximum Gasteiger partial charge on any atom is 0.116 e. The fraction of sp³-hybridized carbons (Fsp3) is 0.800. The van der Waals surface area contributed by atoms with E-state index in [9.17, 15) is 0 Å². The zero-order valence-electron chi connectivity index (χ0n) is 14.8. The van der Waals surface area contributed by atoms with Gasteiger partial charge in [-0.15, -0.1) is 0 Å². The van der Waals surface area contributed by atoms with Crippen molar-refractivity contribution in [1.82, 2.24) is 0 Å². The summed E-state index contributed by atoms with van der Waals surface area (Å²) in [6, 6.07) is 0. The third-order valence-corrected chi connectivity index (χ3v) is 4.83. The van der Waals surface area contributed by atoms with Crippen LogP contribution in [0.2, 0.25) is 0 Å². The van der Waals surface area contributed by atoms with Gasteiger partial charge >= 0.3 is 0 Å². The largest absolute Gasteiger partial charge is 0.234 e. The van der Waals surface area contributed by atoms with Crippen LogP contribution >= 0.6 is 0 Å². The van der Waals surface area contributed by atoms with Crippen LogP contribution in [0.15, 0.2) is 18.7 Å². The van der Waals surface area contributed by atoms with Gasteiger partial charge in [0.1, 0.15) is 5.94 Å². The van der Waals surface area contributed by atoms with Gasteiger partial charge in [-0.1, -0.05) is 52.7 Å².